The van der Waals surface area contributed by atoms with Gasteiger partial charge in [-0.05, 0) is 64.8 Å². The summed E-state index contributed by atoms with van der Waals surface area (Å²) in [5.41, 5.74) is 0.595. The number of likely N-dealkylation sites (N-methyl/N-ethyl adjacent to an activating group) is 1. The molecule has 0 aromatic carbocycles. The van der Waals surface area contributed by atoms with Crippen LogP contribution in [0.25, 0.3) is 0 Å². The minimum Gasteiger partial charge on any atom is -0.396 e. The summed E-state index contributed by atoms with van der Waals surface area (Å²) in [5.74, 6) is -0.0860. The van der Waals surface area contributed by atoms with E-state index in [2.05, 4.69) is 29.4 Å². The summed E-state index contributed by atoms with van der Waals surface area (Å²) in [6.45, 7) is 16.0. The maximum absolute atomic E-state index is 13.7. The van der Waals surface area contributed by atoms with Crippen LogP contribution in [0.2, 0.25) is 0 Å². The zero-order valence-electron chi connectivity index (χ0n) is 24.8. The van der Waals surface area contributed by atoms with Gasteiger partial charge in [-0.3, -0.25) is 19.8 Å². The van der Waals surface area contributed by atoms with Crippen molar-refractivity contribution < 1.29 is 19.8 Å². The van der Waals surface area contributed by atoms with Crippen molar-refractivity contribution in [3.8, 4) is 0 Å². The monoisotopic (exact) mass is 524 g/mol. The van der Waals surface area contributed by atoms with Crippen molar-refractivity contribution in [1.82, 2.24) is 20.4 Å². The van der Waals surface area contributed by atoms with E-state index in [0.29, 0.717) is 18.2 Å². The van der Waals surface area contributed by atoms with E-state index in [1.807, 2.05) is 33.8 Å². The Morgan fingerprint density at radius 3 is 2.24 bits per heavy atom. The second kappa shape index (κ2) is 17.2. The van der Waals surface area contributed by atoms with Crippen molar-refractivity contribution in [2.24, 2.45) is 11.8 Å². The molecule has 1 saturated heterocycles. The van der Waals surface area contributed by atoms with Crippen LogP contribution in [-0.2, 0) is 9.59 Å². The van der Waals surface area contributed by atoms with Gasteiger partial charge in [0.05, 0.1) is 12.1 Å². The van der Waals surface area contributed by atoms with Gasteiger partial charge in [0.15, 0.2) is 0 Å². The van der Waals surface area contributed by atoms with Crippen LogP contribution in [0, 0.1) is 11.8 Å². The molecule has 216 valence electrons. The number of likely N-dealkylation sites (tertiary alicyclic amines) is 1. The Labute approximate surface area is 226 Å². The number of aliphatic hydroxyl groups is 2. The van der Waals surface area contributed by atoms with Crippen LogP contribution in [0.4, 0.5) is 0 Å². The number of carbonyl (C=O) groups is 2. The summed E-state index contributed by atoms with van der Waals surface area (Å²) in [5, 5.41) is 26.3. The molecule has 0 bridgehead atoms. The summed E-state index contributed by atoms with van der Waals surface area (Å²) >= 11 is 0. The number of nitrogens with one attached hydrogen (secondary N) is 2. The average Bonchev–Trinajstić information content (AvgIpc) is 2.86. The van der Waals surface area contributed by atoms with E-state index in [0.717, 1.165) is 51.5 Å². The molecular weight excluding hydrogens is 468 g/mol. The van der Waals surface area contributed by atoms with Gasteiger partial charge in [0.1, 0.15) is 6.23 Å². The van der Waals surface area contributed by atoms with Crippen molar-refractivity contribution in [3.63, 3.8) is 0 Å². The normalized spacial score (nSPS) is 19.8. The number of carbonyl (C=O) groups excluding carboxylic acids is 2. The standard InChI is InChI=1S/C29H56N4O4/c1-20(2)25(19-23(7)27(35)30-16-12-9-10-14-18-34)32(8)29(37)26(21(3)4)31-28(36)24-15-11-13-17-33(24)22(5)6/h19-22,24-26,28,31,34,36H,9-18H2,1-8H3,(H,30,35)/b23-19+. The third kappa shape index (κ3) is 11.0. The van der Waals surface area contributed by atoms with Gasteiger partial charge < -0.3 is 20.4 Å². The number of amides is 2. The van der Waals surface area contributed by atoms with E-state index >= 15 is 0 Å². The van der Waals surface area contributed by atoms with Crippen molar-refractivity contribution in [1.29, 1.82) is 0 Å². The molecule has 37 heavy (non-hydrogen) atoms. The van der Waals surface area contributed by atoms with Crippen LogP contribution in [0.1, 0.15) is 93.4 Å². The molecule has 0 radical (unpaired) electrons. The van der Waals surface area contributed by atoms with Gasteiger partial charge in [-0.1, -0.05) is 53.0 Å². The molecule has 1 fully saturated rings. The minimum atomic E-state index is -0.787. The van der Waals surface area contributed by atoms with Crippen LogP contribution in [0.5, 0.6) is 0 Å². The molecule has 0 aromatic rings. The summed E-state index contributed by atoms with van der Waals surface area (Å²) in [6, 6.07) is -0.449. The maximum Gasteiger partial charge on any atom is 0.246 e. The smallest absolute Gasteiger partial charge is 0.246 e. The fourth-order valence-corrected chi connectivity index (χ4v) is 5.19. The first kappa shape index (κ1) is 33.5. The molecule has 0 aliphatic carbocycles. The van der Waals surface area contributed by atoms with Crippen molar-refractivity contribution in [2.45, 2.75) is 124 Å². The zero-order chi connectivity index (χ0) is 28.1. The quantitative estimate of drug-likeness (QED) is 0.140. The largest absolute Gasteiger partial charge is 0.396 e. The van der Waals surface area contributed by atoms with Crippen molar-refractivity contribution >= 4 is 11.8 Å². The highest BCUT2D eigenvalue weighted by Crippen LogP contribution is 2.23. The van der Waals surface area contributed by atoms with Crippen molar-refractivity contribution in [3.05, 3.63) is 11.6 Å². The van der Waals surface area contributed by atoms with Crippen LogP contribution < -0.4 is 10.6 Å². The maximum atomic E-state index is 13.7. The molecule has 1 heterocycles. The predicted molar refractivity (Wildman–Crippen MR) is 151 cm³/mol. The second-order valence-corrected chi connectivity index (χ2v) is 11.7. The number of piperidine rings is 1. The van der Waals surface area contributed by atoms with Gasteiger partial charge >= 0.3 is 0 Å². The van der Waals surface area contributed by atoms with Crippen LogP contribution >= 0.6 is 0 Å². The molecule has 8 nitrogen and oxygen atoms in total. The van der Waals surface area contributed by atoms with Crippen molar-refractivity contribution in [2.75, 3.05) is 26.7 Å². The number of nitrogens with zero attached hydrogens (tertiary/aromatic N) is 2. The highest BCUT2D eigenvalue weighted by atomic mass is 16.3. The molecule has 8 heteroatoms. The third-order valence-electron chi connectivity index (χ3n) is 7.53. The molecule has 0 spiro atoms. The Bertz CT molecular complexity index is 710. The van der Waals surface area contributed by atoms with Gasteiger partial charge in [0.2, 0.25) is 11.8 Å². The Morgan fingerprint density at radius 1 is 1.03 bits per heavy atom. The highest BCUT2D eigenvalue weighted by Gasteiger charge is 2.36. The first-order chi connectivity index (χ1) is 17.4. The van der Waals surface area contributed by atoms with E-state index < -0.39 is 12.3 Å². The van der Waals surface area contributed by atoms with Gasteiger partial charge in [-0.2, -0.15) is 0 Å². The lowest BCUT2D eigenvalue weighted by Gasteiger charge is -2.43. The summed E-state index contributed by atoms with van der Waals surface area (Å²) in [7, 11) is 1.79. The second-order valence-electron chi connectivity index (χ2n) is 11.7. The molecule has 0 saturated carbocycles. The Hall–Kier alpha value is -1.48. The van der Waals surface area contributed by atoms with Gasteiger partial charge in [0.25, 0.3) is 0 Å². The molecule has 1 aliphatic heterocycles. The van der Waals surface area contributed by atoms with Crippen LogP contribution in [0.3, 0.4) is 0 Å². The molecule has 4 unspecified atom stereocenters. The molecule has 1 aliphatic rings. The Morgan fingerprint density at radius 2 is 1.68 bits per heavy atom. The first-order valence-corrected chi connectivity index (χ1v) is 14.5. The van der Waals surface area contributed by atoms with E-state index in [-0.39, 0.29) is 42.3 Å². The molecule has 4 N–H and O–H groups in total. The molecule has 0 aromatic heterocycles. The van der Waals surface area contributed by atoms with Crippen LogP contribution in [0.15, 0.2) is 11.6 Å². The molecular formula is C29H56N4O4. The number of hydrogen-bond acceptors (Lipinski definition) is 6. The lowest BCUT2D eigenvalue weighted by atomic mass is 9.95. The van der Waals surface area contributed by atoms with E-state index in [1.165, 1.54) is 0 Å². The Balaban J connectivity index is 2.89. The lowest BCUT2D eigenvalue weighted by molar-refractivity contribution is -0.137. The highest BCUT2D eigenvalue weighted by molar-refractivity contribution is 5.93. The number of unbranched alkanes of at least 4 members (excludes halogenated alkanes) is 3. The number of aliphatic hydroxyl groups excluding tert-OH is 2. The zero-order valence-corrected chi connectivity index (χ0v) is 24.8. The van der Waals surface area contributed by atoms with Gasteiger partial charge in [-0.25, -0.2) is 0 Å². The van der Waals surface area contributed by atoms with Gasteiger partial charge in [-0.15, -0.1) is 0 Å². The minimum absolute atomic E-state index is 0.00675. The van der Waals surface area contributed by atoms with E-state index in [1.54, 1.807) is 18.9 Å². The number of rotatable bonds is 16. The Kier molecular flexibility index (Phi) is 15.6. The predicted octanol–water partition coefficient (Wildman–Crippen LogP) is 3.28. The molecule has 2 amide bonds. The lowest BCUT2D eigenvalue weighted by Crippen LogP contribution is -2.60. The fraction of sp³-hybridized carbons (Fsp3) is 0.862. The third-order valence-corrected chi connectivity index (χ3v) is 7.53. The van der Waals surface area contributed by atoms with Gasteiger partial charge in [0, 0.05) is 37.9 Å². The number of hydrogen-bond donors (Lipinski definition) is 4. The molecule has 1 rings (SSSR count). The van der Waals surface area contributed by atoms with Crippen LogP contribution in [-0.4, -0.2) is 89.0 Å². The SMILES string of the molecule is C/C(=C\C(C(C)C)N(C)C(=O)C(NC(O)C1CCCCN1C(C)C)C(C)C)C(=O)NCCCCCCO. The molecule has 4 atom stereocenters. The summed E-state index contributed by atoms with van der Waals surface area (Å²) in [6.07, 6.45) is 7.83. The topological polar surface area (TPSA) is 105 Å². The summed E-state index contributed by atoms with van der Waals surface area (Å²) < 4.78 is 0. The summed E-state index contributed by atoms with van der Waals surface area (Å²) in [4.78, 5) is 30.4. The van der Waals surface area contributed by atoms with E-state index in [4.69, 9.17) is 5.11 Å². The fourth-order valence-electron chi connectivity index (χ4n) is 5.19. The van der Waals surface area contributed by atoms with E-state index in [9.17, 15) is 14.7 Å². The first-order valence-electron chi connectivity index (χ1n) is 14.5. The average molecular weight is 525 g/mol.